The molecule has 2 aromatic rings. The molecule has 0 radical (unpaired) electrons. The zero-order valence-electron chi connectivity index (χ0n) is 11.1. The van der Waals surface area contributed by atoms with E-state index in [9.17, 15) is 0 Å². The third-order valence-electron chi connectivity index (χ3n) is 2.95. The summed E-state index contributed by atoms with van der Waals surface area (Å²) in [5, 5.41) is 10.0. The summed E-state index contributed by atoms with van der Waals surface area (Å²) in [6.07, 6.45) is 7.40. The van der Waals surface area contributed by atoms with Crippen LogP contribution in [0, 0.1) is 0 Å². The summed E-state index contributed by atoms with van der Waals surface area (Å²) in [7, 11) is 1.97. The van der Waals surface area contributed by atoms with Crippen molar-refractivity contribution in [3.63, 3.8) is 0 Å². The second kappa shape index (κ2) is 6.71. The fourth-order valence-electron chi connectivity index (χ4n) is 2.10. The van der Waals surface area contributed by atoms with Gasteiger partial charge in [-0.15, -0.1) is 11.3 Å². The normalized spacial score (nSPS) is 12.8. The van der Waals surface area contributed by atoms with Crippen molar-refractivity contribution in [2.45, 2.75) is 32.2 Å². The molecular formula is C14H21N3S. The number of rotatable bonds is 7. The lowest BCUT2D eigenvalue weighted by atomic mass is 10.1. The molecule has 0 aromatic carbocycles. The Bertz CT molecular complexity index is 447. The number of aromatic nitrogens is 2. The standard InChI is InChI=1S/C14H21N3S/c1-3-6-15-13(9-14-5-4-7-18-14)8-12-10-16-17(2)11-12/h4-5,7,10-11,13,15H,3,6,8-9H2,1-2H3. The maximum Gasteiger partial charge on any atom is 0.0522 e. The third kappa shape index (κ3) is 3.96. The predicted octanol–water partition coefficient (Wildman–Crippen LogP) is 2.64. The van der Waals surface area contributed by atoms with Crippen molar-refractivity contribution < 1.29 is 0 Å². The van der Waals surface area contributed by atoms with Crippen molar-refractivity contribution in [1.29, 1.82) is 0 Å². The highest BCUT2D eigenvalue weighted by atomic mass is 32.1. The van der Waals surface area contributed by atoms with Gasteiger partial charge in [-0.2, -0.15) is 5.10 Å². The van der Waals surface area contributed by atoms with Gasteiger partial charge in [0, 0.05) is 24.2 Å². The highest BCUT2D eigenvalue weighted by Crippen LogP contribution is 2.13. The largest absolute Gasteiger partial charge is 0.313 e. The highest BCUT2D eigenvalue weighted by Gasteiger charge is 2.11. The Morgan fingerprint density at radius 2 is 2.33 bits per heavy atom. The minimum Gasteiger partial charge on any atom is -0.313 e. The first kappa shape index (κ1) is 13.3. The van der Waals surface area contributed by atoms with Crippen LogP contribution < -0.4 is 5.32 Å². The van der Waals surface area contributed by atoms with E-state index in [4.69, 9.17) is 0 Å². The Morgan fingerprint density at radius 1 is 1.44 bits per heavy atom. The first-order chi connectivity index (χ1) is 8.78. The maximum absolute atomic E-state index is 4.24. The topological polar surface area (TPSA) is 29.9 Å². The molecule has 2 rings (SSSR count). The lowest BCUT2D eigenvalue weighted by Gasteiger charge is -2.17. The molecule has 4 heteroatoms. The summed E-state index contributed by atoms with van der Waals surface area (Å²) in [6, 6.07) is 4.85. The van der Waals surface area contributed by atoms with Crippen LogP contribution in [0.3, 0.4) is 0 Å². The maximum atomic E-state index is 4.24. The van der Waals surface area contributed by atoms with E-state index in [1.807, 2.05) is 29.3 Å². The summed E-state index contributed by atoms with van der Waals surface area (Å²) in [4.78, 5) is 1.45. The number of nitrogens with zero attached hydrogens (tertiary/aromatic N) is 2. The molecule has 0 amide bonds. The van der Waals surface area contributed by atoms with Gasteiger partial charge in [-0.3, -0.25) is 4.68 Å². The molecule has 3 nitrogen and oxygen atoms in total. The molecule has 0 saturated heterocycles. The van der Waals surface area contributed by atoms with Crippen molar-refractivity contribution >= 4 is 11.3 Å². The van der Waals surface area contributed by atoms with E-state index in [-0.39, 0.29) is 0 Å². The fourth-order valence-corrected chi connectivity index (χ4v) is 2.88. The SMILES string of the molecule is CCCNC(Cc1cnn(C)c1)Cc1cccs1. The van der Waals surface area contributed by atoms with E-state index in [1.165, 1.54) is 16.9 Å². The quantitative estimate of drug-likeness (QED) is 0.832. The summed E-state index contributed by atoms with van der Waals surface area (Å²) in [5.41, 5.74) is 1.31. The zero-order valence-corrected chi connectivity index (χ0v) is 11.9. The van der Waals surface area contributed by atoms with Crippen LogP contribution in [0.5, 0.6) is 0 Å². The second-order valence-electron chi connectivity index (χ2n) is 4.66. The van der Waals surface area contributed by atoms with E-state index >= 15 is 0 Å². The van der Waals surface area contributed by atoms with Gasteiger partial charge in [0.2, 0.25) is 0 Å². The smallest absolute Gasteiger partial charge is 0.0522 e. The Hall–Kier alpha value is -1.13. The number of hydrogen-bond donors (Lipinski definition) is 1. The van der Waals surface area contributed by atoms with Crippen molar-refractivity contribution in [2.75, 3.05) is 6.54 Å². The molecule has 0 aliphatic heterocycles. The Balaban J connectivity index is 1.95. The molecule has 98 valence electrons. The number of aryl methyl sites for hydroxylation is 1. The summed E-state index contributed by atoms with van der Waals surface area (Å²) >= 11 is 1.84. The van der Waals surface area contributed by atoms with Gasteiger partial charge in [0.1, 0.15) is 0 Å². The molecule has 1 unspecified atom stereocenters. The van der Waals surface area contributed by atoms with Gasteiger partial charge in [-0.1, -0.05) is 13.0 Å². The minimum absolute atomic E-state index is 0.507. The van der Waals surface area contributed by atoms with Crippen LogP contribution in [0.15, 0.2) is 29.9 Å². The molecule has 18 heavy (non-hydrogen) atoms. The van der Waals surface area contributed by atoms with Crippen molar-refractivity contribution in [3.8, 4) is 0 Å². The minimum atomic E-state index is 0.507. The lowest BCUT2D eigenvalue weighted by Crippen LogP contribution is -2.33. The number of nitrogens with one attached hydrogen (secondary N) is 1. The van der Waals surface area contributed by atoms with Gasteiger partial charge in [-0.25, -0.2) is 0 Å². The Kier molecular flexibility index (Phi) is 4.96. The predicted molar refractivity (Wildman–Crippen MR) is 77.0 cm³/mol. The van der Waals surface area contributed by atoms with E-state index in [2.05, 4.69) is 41.0 Å². The van der Waals surface area contributed by atoms with Crippen molar-refractivity contribution in [1.82, 2.24) is 15.1 Å². The highest BCUT2D eigenvalue weighted by molar-refractivity contribution is 7.09. The molecule has 2 heterocycles. The number of thiophene rings is 1. The molecule has 0 saturated carbocycles. The third-order valence-corrected chi connectivity index (χ3v) is 3.85. The van der Waals surface area contributed by atoms with Gasteiger partial charge < -0.3 is 5.32 Å². The fraction of sp³-hybridized carbons (Fsp3) is 0.500. The van der Waals surface area contributed by atoms with Gasteiger partial charge in [0.15, 0.2) is 0 Å². The Morgan fingerprint density at radius 3 is 2.94 bits per heavy atom. The van der Waals surface area contributed by atoms with Crippen LogP contribution in [-0.4, -0.2) is 22.4 Å². The van der Waals surface area contributed by atoms with E-state index in [0.29, 0.717) is 6.04 Å². The second-order valence-corrected chi connectivity index (χ2v) is 5.69. The van der Waals surface area contributed by atoms with Crippen LogP contribution in [0.2, 0.25) is 0 Å². The van der Waals surface area contributed by atoms with Crippen LogP contribution >= 0.6 is 11.3 Å². The zero-order chi connectivity index (χ0) is 12.8. The van der Waals surface area contributed by atoms with Gasteiger partial charge in [-0.05, 0) is 42.8 Å². The van der Waals surface area contributed by atoms with Crippen LogP contribution in [-0.2, 0) is 19.9 Å². The van der Waals surface area contributed by atoms with Gasteiger partial charge >= 0.3 is 0 Å². The van der Waals surface area contributed by atoms with Crippen molar-refractivity contribution in [3.05, 3.63) is 40.3 Å². The molecule has 0 spiro atoms. The van der Waals surface area contributed by atoms with Gasteiger partial charge in [0.25, 0.3) is 0 Å². The average molecular weight is 263 g/mol. The molecule has 2 aromatic heterocycles. The molecule has 0 bridgehead atoms. The van der Waals surface area contributed by atoms with Crippen LogP contribution in [0.1, 0.15) is 23.8 Å². The number of hydrogen-bond acceptors (Lipinski definition) is 3. The summed E-state index contributed by atoms with van der Waals surface area (Å²) in [6.45, 7) is 3.29. The van der Waals surface area contributed by atoms with E-state index < -0.39 is 0 Å². The van der Waals surface area contributed by atoms with Crippen LogP contribution in [0.4, 0.5) is 0 Å². The molecule has 0 aliphatic carbocycles. The molecule has 1 N–H and O–H groups in total. The monoisotopic (exact) mass is 263 g/mol. The van der Waals surface area contributed by atoms with Crippen LogP contribution in [0.25, 0.3) is 0 Å². The molecule has 1 atom stereocenters. The lowest BCUT2D eigenvalue weighted by molar-refractivity contribution is 0.507. The molecule has 0 aliphatic rings. The Labute approximate surface area is 113 Å². The summed E-state index contributed by atoms with van der Waals surface area (Å²) in [5.74, 6) is 0. The van der Waals surface area contributed by atoms with E-state index in [0.717, 1.165) is 19.4 Å². The molecule has 0 fully saturated rings. The average Bonchev–Trinajstić information content (AvgIpc) is 2.98. The first-order valence-corrected chi connectivity index (χ1v) is 7.39. The summed E-state index contributed by atoms with van der Waals surface area (Å²) < 4.78 is 1.87. The van der Waals surface area contributed by atoms with E-state index in [1.54, 1.807) is 0 Å². The van der Waals surface area contributed by atoms with Crippen molar-refractivity contribution in [2.24, 2.45) is 7.05 Å². The molecular weight excluding hydrogens is 242 g/mol. The first-order valence-electron chi connectivity index (χ1n) is 6.51. The van der Waals surface area contributed by atoms with Gasteiger partial charge in [0.05, 0.1) is 6.20 Å².